The van der Waals surface area contributed by atoms with Crippen molar-refractivity contribution in [3.63, 3.8) is 0 Å². The maximum atomic E-state index is 13.5. The molecular weight excluding hydrogens is 416 g/mol. The first-order chi connectivity index (χ1) is 15.5. The number of para-hydroxylation sites is 1. The van der Waals surface area contributed by atoms with E-state index in [9.17, 15) is 4.79 Å². The van der Waals surface area contributed by atoms with Crippen LogP contribution < -0.4 is 4.74 Å². The minimum atomic E-state index is 0.0807. The molecule has 0 aromatic heterocycles. The van der Waals surface area contributed by atoms with Gasteiger partial charge in [0.15, 0.2) is 5.17 Å². The molecule has 2 aliphatic rings. The van der Waals surface area contributed by atoms with Crippen molar-refractivity contribution in [1.82, 2.24) is 4.90 Å². The molecular formula is C27H32N2O2S. The second-order valence-corrected chi connectivity index (χ2v) is 9.70. The molecule has 1 saturated carbocycles. The van der Waals surface area contributed by atoms with E-state index in [4.69, 9.17) is 9.73 Å². The molecule has 0 N–H and O–H groups in total. The summed E-state index contributed by atoms with van der Waals surface area (Å²) >= 11 is 1.50. The number of rotatable bonds is 6. The predicted molar refractivity (Wildman–Crippen MR) is 134 cm³/mol. The van der Waals surface area contributed by atoms with Crippen molar-refractivity contribution in [2.75, 3.05) is 0 Å². The van der Waals surface area contributed by atoms with E-state index in [-0.39, 0.29) is 18.1 Å². The molecule has 0 radical (unpaired) electrons. The van der Waals surface area contributed by atoms with Crippen LogP contribution in [0.25, 0.3) is 6.08 Å². The number of carbonyl (C=O) groups excluding carboxylic acids is 1. The van der Waals surface area contributed by atoms with E-state index in [2.05, 4.69) is 13.0 Å². The summed E-state index contributed by atoms with van der Waals surface area (Å²) in [6.07, 6.45) is 8.75. The van der Waals surface area contributed by atoms with Crippen molar-refractivity contribution in [2.24, 2.45) is 4.99 Å². The van der Waals surface area contributed by atoms with E-state index in [0.29, 0.717) is 0 Å². The Morgan fingerprint density at radius 3 is 2.50 bits per heavy atom. The standard InChI is InChI=1S/C27H32N2O2S/c1-4-21-10-8-9-13-24(21)28-27-29(22-11-6-5-7-12-22)26(30)25(32-27)18-20-14-16-23(17-15-20)31-19(2)3/h8-10,13-19,22H,4-7,11-12H2,1-3H3/b25-18+,28-27?. The summed E-state index contributed by atoms with van der Waals surface area (Å²) in [4.78, 5) is 21.2. The third-order valence-electron chi connectivity index (χ3n) is 5.92. The van der Waals surface area contributed by atoms with Gasteiger partial charge in [-0.05, 0) is 80.3 Å². The number of carbonyl (C=O) groups is 1. The highest BCUT2D eigenvalue weighted by atomic mass is 32.2. The minimum Gasteiger partial charge on any atom is -0.491 e. The lowest BCUT2D eigenvalue weighted by molar-refractivity contribution is -0.124. The van der Waals surface area contributed by atoms with Crippen LogP contribution in [0, 0.1) is 0 Å². The Balaban J connectivity index is 1.65. The molecule has 2 fully saturated rings. The van der Waals surface area contributed by atoms with Crippen molar-refractivity contribution in [2.45, 2.75) is 71.4 Å². The summed E-state index contributed by atoms with van der Waals surface area (Å²) in [6.45, 7) is 6.17. The van der Waals surface area contributed by atoms with Crippen LogP contribution in [0.3, 0.4) is 0 Å². The number of hydrogen-bond acceptors (Lipinski definition) is 4. The maximum absolute atomic E-state index is 13.5. The average molecular weight is 449 g/mol. The zero-order chi connectivity index (χ0) is 22.5. The molecule has 1 aliphatic carbocycles. The number of nitrogens with zero attached hydrogens (tertiary/aromatic N) is 2. The summed E-state index contributed by atoms with van der Waals surface area (Å²) in [7, 11) is 0. The molecule has 2 aromatic rings. The lowest BCUT2D eigenvalue weighted by Gasteiger charge is -2.30. The van der Waals surface area contributed by atoms with Gasteiger partial charge in [0.05, 0.1) is 16.7 Å². The number of aliphatic imine (C=N–C) groups is 1. The van der Waals surface area contributed by atoms with Gasteiger partial charge in [0.2, 0.25) is 0 Å². The first-order valence-electron chi connectivity index (χ1n) is 11.7. The highest BCUT2D eigenvalue weighted by molar-refractivity contribution is 8.18. The first kappa shape index (κ1) is 22.7. The van der Waals surface area contributed by atoms with Crippen molar-refractivity contribution in [1.29, 1.82) is 0 Å². The second-order valence-electron chi connectivity index (χ2n) is 8.69. The van der Waals surface area contributed by atoms with E-state index in [1.54, 1.807) is 0 Å². The van der Waals surface area contributed by atoms with E-state index < -0.39 is 0 Å². The van der Waals surface area contributed by atoms with Crippen LogP contribution in [0.5, 0.6) is 5.75 Å². The smallest absolute Gasteiger partial charge is 0.267 e. The summed E-state index contributed by atoms with van der Waals surface area (Å²) in [5.74, 6) is 0.923. The average Bonchev–Trinajstić information content (AvgIpc) is 3.10. The molecule has 0 atom stereocenters. The Labute approximate surface area is 195 Å². The van der Waals surface area contributed by atoms with Crippen LogP contribution in [-0.2, 0) is 11.2 Å². The Hall–Kier alpha value is -2.53. The molecule has 1 aliphatic heterocycles. The highest BCUT2D eigenvalue weighted by Gasteiger charge is 2.38. The molecule has 4 nitrogen and oxygen atoms in total. The van der Waals surface area contributed by atoms with E-state index in [1.165, 1.54) is 36.6 Å². The monoisotopic (exact) mass is 448 g/mol. The Bertz CT molecular complexity index is 1000. The molecule has 32 heavy (non-hydrogen) atoms. The molecule has 5 heteroatoms. The molecule has 2 aromatic carbocycles. The van der Waals surface area contributed by atoms with E-state index in [0.717, 1.165) is 46.3 Å². The number of ether oxygens (including phenoxy) is 1. The molecule has 1 saturated heterocycles. The SMILES string of the molecule is CCc1ccccc1N=C1S/C(=C/c2ccc(OC(C)C)cc2)C(=O)N1C1CCCCC1. The van der Waals surface area contributed by atoms with Crippen molar-refractivity contribution >= 4 is 34.6 Å². The van der Waals surface area contributed by atoms with E-state index in [1.807, 2.05) is 67.3 Å². The molecule has 168 valence electrons. The first-order valence-corrected chi connectivity index (χ1v) is 12.5. The zero-order valence-corrected chi connectivity index (χ0v) is 20.0. The number of amides is 1. The summed E-state index contributed by atoms with van der Waals surface area (Å²) < 4.78 is 5.74. The summed E-state index contributed by atoms with van der Waals surface area (Å²) in [6, 6.07) is 16.4. The Morgan fingerprint density at radius 2 is 1.81 bits per heavy atom. The molecule has 4 rings (SSSR count). The quantitative estimate of drug-likeness (QED) is 0.448. The van der Waals surface area contributed by atoms with Crippen LogP contribution in [0.1, 0.15) is 64.0 Å². The number of benzene rings is 2. The lowest BCUT2D eigenvalue weighted by Crippen LogP contribution is -2.40. The van der Waals surface area contributed by atoms with Gasteiger partial charge in [-0.1, -0.05) is 56.5 Å². The molecule has 1 amide bonds. The fraction of sp³-hybridized carbons (Fsp3) is 0.407. The Kier molecular flexibility index (Phi) is 7.36. The predicted octanol–water partition coefficient (Wildman–Crippen LogP) is 6.97. The fourth-order valence-electron chi connectivity index (χ4n) is 4.31. The molecule has 0 bridgehead atoms. The number of amidine groups is 1. The van der Waals surface area contributed by atoms with Crippen LogP contribution in [0.2, 0.25) is 0 Å². The normalized spacial score (nSPS) is 20.0. The summed E-state index contributed by atoms with van der Waals surface area (Å²) in [5.41, 5.74) is 3.16. The number of hydrogen-bond donors (Lipinski definition) is 0. The number of aryl methyl sites for hydroxylation is 1. The van der Waals surface area contributed by atoms with Gasteiger partial charge in [-0.25, -0.2) is 4.99 Å². The van der Waals surface area contributed by atoms with Gasteiger partial charge in [0.25, 0.3) is 5.91 Å². The third-order valence-corrected chi connectivity index (χ3v) is 6.90. The van der Waals surface area contributed by atoms with Crippen molar-refractivity contribution in [3.8, 4) is 5.75 Å². The maximum Gasteiger partial charge on any atom is 0.267 e. The van der Waals surface area contributed by atoms with E-state index >= 15 is 0 Å². The van der Waals surface area contributed by atoms with Gasteiger partial charge in [0.1, 0.15) is 5.75 Å². The van der Waals surface area contributed by atoms with Gasteiger partial charge in [-0.2, -0.15) is 0 Å². The third kappa shape index (κ3) is 5.26. The van der Waals surface area contributed by atoms with Crippen LogP contribution in [0.4, 0.5) is 5.69 Å². The summed E-state index contributed by atoms with van der Waals surface area (Å²) in [5, 5.41) is 0.814. The zero-order valence-electron chi connectivity index (χ0n) is 19.2. The highest BCUT2D eigenvalue weighted by Crippen LogP contribution is 2.39. The van der Waals surface area contributed by atoms with Gasteiger partial charge < -0.3 is 4.74 Å². The van der Waals surface area contributed by atoms with Gasteiger partial charge >= 0.3 is 0 Å². The van der Waals surface area contributed by atoms with Crippen LogP contribution in [0.15, 0.2) is 58.4 Å². The lowest BCUT2D eigenvalue weighted by atomic mass is 9.94. The van der Waals surface area contributed by atoms with Gasteiger partial charge in [0, 0.05) is 6.04 Å². The number of thioether (sulfide) groups is 1. The van der Waals surface area contributed by atoms with Gasteiger partial charge in [-0.3, -0.25) is 9.69 Å². The van der Waals surface area contributed by atoms with Crippen LogP contribution in [-0.4, -0.2) is 28.1 Å². The van der Waals surface area contributed by atoms with Crippen LogP contribution >= 0.6 is 11.8 Å². The van der Waals surface area contributed by atoms with Crippen molar-refractivity contribution < 1.29 is 9.53 Å². The molecule has 0 spiro atoms. The molecule has 1 heterocycles. The second kappa shape index (κ2) is 10.4. The molecule has 0 unspecified atom stereocenters. The minimum absolute atomic E-state index is 0.0807. The van der Waals surface area contributed by atoms with Crippen molar-refractivity contribution in [3.05, 3.63) is 64.6 Å². The van der Waals surface area contributed by atoms with Gasteiger partial charge in [-0.15, -0.1) is 0 Å². The Morgan fingerprint density at radius 1 is 1.09 bits per heavy atom. The largest absolute Gasteiger partial charge is 0.491 e. The fourth-order valence-corrected chi connectivity index (χ4v) is 5.37. The topological polar surface area (TPSA) is 41.9 Å².